The van der Waals surface area contributed by atoms with Crippen LogP contribution in [0.4, 0.5) is 4.79 Å². The van der Waals surface area contributed by atoms with Crippen molar-refractivity contribution < 1.29 is 29.0 Å². The van der Waals surface area contributed by atoms with Gasteiger partial charge in [-0.25, -0.2) is 4.79 Å². The van der Waals surface area contributed by atoms with E-state index in [0.29, 0.717) is 12.4 Å². The highest BCUT2D eigenvalue weighted by Gasteiger charge is 2.26. The number of aliphatic hydroxyl groups excluding tert-OH is 1. The molecule has 0 spiro atoms. The Labute approximate surface area is 209 Å². The average molecular weight is 492 g/mol. The molecule has 0 aliphatic heterocycles. The van der Waals surface area contributed by atoms with Gasteiger partial charge in [-0.1, -0.05) is 72.8 Å². The summed E-state index contributed by atoms with van der Waals surface area (Å²) < 4.78 is 10.8. The van der Waals surface area contributed by atoms with E-state index in [0.717, 1.165) is 16.7 Å². The Balaban J connectivity index is 1.50. The van der Waals surface area contributed by atoms with Crippen molar-refractivity contribution in [3.63, 3.8) is 0 Å². The fourth-order valence-electron chi connectivity index (χ4n) is 3.29. The van der Waals surface area contributed by atoms with Gasteiger partial charge in [-0.3, -0.25) is 9.59 Å². The molecule has 188 valence electrons. The number of hydrogen-bond acceptors (Lipinski definition) is 6. The second-order valence-electron chi connectivity index (χ2n) is 8.03. The van der Waals surface area contributed by atoms with E-state index in [9.17, 15) is 19.5 Å². The largest absolute Gasteiger partial charge is 0.489 e. The zero-order chi connectivity index (χ0) is 25.8. The second-order valence-corrected chi connectivity index (χ2v) is 8.03. The standard InChI is InChI=1S/C27H29N3O6/c28-25(32)23(15-19-11-13-22(14-12-19)35-17-20-7-3-1-4-8-20)29-26(33)24(16-31)30-27(34)36-18-21-9-5-2-6-10-21/h1-14,23-24,31H,15-18H2,(H2,28,32)(H,29,33)(H,30,34)/t23-,24+/m1/s1. The lowest BCUT2D eigenvalue weighted by atomic mass is 10.0. The molecule has 2 atom stereocenters. The molecule has 36 heavy (non-hydrogen) atoms. The van der Waals surface area contributed by atoms with E-state index < -0.39 is 36.6 Å². The second kappa shape index (κ2) is 13.5. The molecule has 5 N–H and O–H groups in total. The van der Waals surface area contributed by atoms with Gasteiger partial charge in [0.05, 0.1) is 6.61 Å². The molecule has 0 unspecified atom stereocenters. The fraction of sp³-hybridized carbons (Fsp3) is 0.222. The van der Waals surface area contributed by atoms with Crippen molar-refractivity contribution in [3.05, 3.63) is 102 Å². The minimum Gasteiger partial charge on any atom is -0.489 e. The molecule has 9 heteroatoms. The zero-order valence-corrected chi connectivity index (χ0v) is 19.6. The third-order valence-electron chi connectivity index (χ3n) is 5.28. The molecule has 0 saturated carbocycles. The Kier molecular flexibility index (Phi) is 9.84. The van der Waals surface area contributed by atoms with E-state index in [2.05, 4.69) is 10.6 Å². The number of benzene rings is 3. The third kappa shape index (κ3) is 8.44. The molecular formula is C27H29N3O6. The summed E-state index contributed by atoms with van der Waals surface area (Å²) in [6.07, 6.45) is -0.758. The molecule has 3 aromatic rings. The SMILES string of the molecule is NC(=O)[C@@H](Cc1ccc(OCc2ccccc2)cc1)NC(=O)[C@H](CO)NC(=O)OCc1ccccc1. The van der Waals surface area contributed by atoms with Gasteiger partial charge in [0.25, 0.3) is 0 Å². The van der Waals surface area contributed by atoms with Crippen molar-refractivity contribution in [1.29, 1.82) is 0 Å². The van der Waals surface area contributed by atoms with Crippen molar-refractivity contribution in [1.82, 2.24) is 10.6 Å². The van der Waals surface area contributed by atoms with Gasteiger partial charge in [0, 0.05) is 6.42 Å². The topological polar surface area (TPSA) is 140 Å². The number of carbonyl (C=O) groups excluding carboxylic acids is 3. The summed E-state index contributed by atoms with van der Waals surface area (Å²) in [7, 11) is 0. The maximum atomic E-state index is 12.6. The number of rotatable bonds is 12. The zero-order valence-electron chi connectivity index (χ0n) is 19.6. The normalized spacial score (nSPS) is 12.1. The Hall–Kier alpha value is -4.37. The van der Waals surface area contributed by atoms with E-state index in [-0.39, 0.29) is 13.0 Å². The highest BCUT2D eigenvalue weighted by Crippen LogP contribution is 2.15. The van der Waals surface area contributed by atoms with E-state index >= 15 is 0 Å². The molecule has 0 saturated heterocycles. The first-order valence-electron chi connectivity index (χ1n) is 11.4. The van der Waals surface area contributed by atoms with E-state index in [1.54, 1.807) is 48.5 Å². The molecule has 0 aromatic heterocycles. The number of ether oxygens (including phenoxy) is 2. The van der Waals surface area contributed by atoms with Gasteiger partial charge in [-0.15, -0.1) is 0 Å². The van der Waals surface area contributed by atoms with Crippen LogP contribution < -0.4 is 21.1 Å². The van der Waals surface area contributed by atoms with Crippen LogP contribution in [0, 0.1) is 0 Å². The van der Waals surface area contributed by atoms with E-state index in [1.165, 1.54) is 0 Å². The van der Waals surface area contributed by atoms with Crippen LogP contribution in [-0.4, -0.2) is 41.7 Å². The quantitative estimate of drug-likeness (QED) is 0.306. The molecular weight excluding hydrogens is 462 g/mol. The number of nitrogens with two attached hydrogens (primary N) is 1. The number of aliphatic hydroxyl groups is 1. The summed E-state index contributed by atoms with van der Waals surface area (Å²) in [6.45, 7) is -0.268. The Bertz CT molecular complexity index is 1120. The molecule has 0 fully saturated rings. The summed E-state index contributed by atoms with van der Waals surface area (Å²) in [5.41, 5.74) is 8.02. The van der Waals surface area contributed by atoms with Crippen molar-refractivity contribution in [2.24, 2.45) is 5.73 Å². The van der Waals surface area contributed by atoms with Gasteiger partial charge in [-0.05, 0) is 28.8 Å². The molecule has 3 amide bonds. The van der Waals surface area contributed by atoms with Crippen LogP contribution in [0.2, 0.25) is 0 Å². The first-order chi connectivity index (χ1) is 17.4. The summed E-state index contributed by atoms with van der Waals surface area (Å²) in [5.74, 6) is -0.863. The van der Waals surface area contributed by atoms with Gasteiger partial charge in [0.2, 0.25) is 11.8 Å². The molecule has 0 aliphatic carbocycles. The highest BCUT2D eigenvalue weighted by atomic mass is 16.5. The molecule has 0 heterocycles. The van der Waals surface area contributed by atoms with E-state index in [4.69, 9.17) is 15.2 Å². The predicted molar refractivity (Wildman–Crippen MR) is 133 cm³/mol. The Morgan fingerprint density at radius 1 is 0.750 bits per heavy atom. The van der Waals surface area contributed by atoms with Crippen LogP contribution >= 0.6 is 0 Å². The first-order valence-corrected chi connectivity index (χ1v) is 11.4. The lowest BCUT2D eigenvalue weighted by molar-refractivity contribution is -0.129. The van der Waals surface area contributed by atoms with Crippen LogP contribution in [0.5, 0.6) is 5.75 Å². The molecule has 0 bridgehead atoms. The monoisotopic (exact) mass is 491 g/mol. The van der Waals surface area contributed by atoms with Crippen LogP contribution in [0.25, 0.3) is 0 Å². The molecule has 0 radical (unpaired) electrons. The summed E-state index contributed by atoms with van der Waals surface area (Å²) in [5, 5.41) is 14.3. The number of carbonyl (C=O) groups is 3. The first kappa shape index (κ1) is 26.2. The third-order valence-corrected chi connectivity index (χ3v) is 5.28. The van der Waals surface area contributed by atoms with Crippen LogP contribution in [0.15, 0.2) is 84.9 Å². The predicted octanol–water partition coefficient (Wildman–Crippen LogP) is 2.07. The van der Waals surface area contributed by atoms with Gasteiger partial charge in [-0.2, -0.15) is 0 Å². The molecule has 9 nitrogen and oxygen atoms in total. The van der Waals surface area contributed by atoms with Crippen LogP contribution in [0.3, 0.4) is 0 Å². The lowest BCUT2D eigenvalue weighted by Crippen LogP contribution is -2.54. The molecule has 3 rings (SSSR count). The minimum absolute atomic E-state index is 0.00140. The molecule has 0 aliphatic rings. The summed E-state index contributed by atoms with van der Waals surface area (Å²) in [4.78, 5) is 36.6. The van der Waals surface area contributed by atoms with Crippen molar-refractivity contribution >= 4 is 17.9 Å². The Morgan fingerprint density at radius 2 is 1.33 bits per heavy atom. The van der Waals surface area contributed by atoms with E-state index in [1.807, 2.05) is 36.4 Å². The number of primary amides is 1. The van der Waals surface area contributed by atoms with Gasteiger partial charge < -0.3 is 30.9 Å². The number of nitrogens with one attached hydrogen (secondary N) is 2. The minimum atomic E-state index is -1.32. The van der Waals surface area contributed by atoms with Crippen LogP contribution in [0.1, 0.15) is 16.7 Å². The smallest absolute Gasteiger partial charge is 0.408 e. The van der Waals surface area contributed by atoms with Crippen molar-refractivity contribution in [3.8, 4) is 5.75 Å². The summed E-state index contributed by atoms with van der Waals surface area (Å²) >= 11 is 0. The fourth-order valence-corrected chi connectivity index (χ4v) is 3.29. The Morgan fingerprint density at radius 3 is 1.89 bits per heavy atom. The molecule has 3 aromatic carbocycles. The van der Waals surface area contributed by atoms with Gasteiger partial charge in [0.1, 0.15) is 31.0 Å². The van der Waals surface area contributed by atoms with Crippen LogP contribution in [-0.2, 0) is 34.0 Å². The average Bonchev–Trinajstić information content (AvgIpc) is 2.90. The number of amides is 3. The van der Waals surface area contributed by atoms with Gasteiger partial charge >= 0.3 is 6.09 Å². The maximum Gasteiger partial charge on any atom is 0.408 e. The number of hydrogen-bond donors (Lipinski definition) is 4. The number of alkyl carbamates (subject to hydrolysis) is 1. The van der Waals surface area contributed by atoms with Crippen molar-refractivity contribution in [2.45, 2.75) is 31.7 Å². The van der Waals surface area contributed by atoms with Gasteiger partial charge in [0.15, 0.2) is 0 Å². The highest BCUT2D eigenvalue weighted by molar-refractivity contribution is 5.91. The van der Waals surface area contributed by atoms with Crippen molar-refractivity contribution in [2.75, 3.05) is 6.61 Å². The maximum absolute atomic E-state index is 12.6. The lowest BCUT2D eigenvalue weighted by Gasteiger charge is -2.20. The summed E-state index contributed by atoms with van der Waals surface area (Å²) in [6, 6.07) is 23.4.